The Hall–Kier alpha value is -3.05. The van der Waals surface area contributed by atoms with Crippen LogP contribution in [-0.4, -0.2) is 24.1 Å². The summed E-state index contributed by atoms with van der Waals surface area (Å²) in [6.07, 6.45) is 0. The summed E-state index contributed by atoms with van der Waals surface area (Å²) in [6, 6.07) is 24.4. The lowest BCUT2D eigenvalue weighted by molar-refractivity contribution is -0.146. The number of Topliss-reactive ketones (excluding diaryl/α,β-unsaturated/α-hetero) is 2. The summed E-state index contributed by atoms with van der Waals surface area (Å²) in [5.41, 5.74) is 1.35. The largest absolute Gasteiger partial charge is 0.465 e. The van der Waals surface area contributed by atoms with Crippen molar-refractivity contribution in [1.82, 2.24) is 0 Å². The van der Waals surface area contributed by atoms with Crippen molar-refractivity contribution < 1.29 is 19.1 Å². The molecule has 0 aliphatic heterocycles. The Morgan fingerprint density at radius 3 is 1.94 bits per heavy atom. The van der Waals surface area contributed by atoms with Gasteiger partial charge in [0.15, 0.2) is 11.6 Å². The molecule has 0 saturated heterocycles. The van der Waals surface area contributed by atoms with Crippen LogP contribution in [0.4, 0.5) is 0 Å². The average Bonchev–Trinajstić information content (AvgIpc) is 2.78. The van der Waals surface area contributed by atoms with Crippen LogP contribution in [0, 0.1) is 5.92 Å². The molecule has 0 aliphatic rings. The number of hydrogen-bond acceptors (Lipinski definition) is 4. The van der Waals surface area contributed by atoms with Gasteiger partial charge in [0.25, 0.3) is 0 Å². The van der Waals surface area contributed by atoms with Crippen LogP contribution < -0.4 is 0 Å². The second-order valence-electron chi connectivity index (χ2n) is 6.69. The molecule has 31 heavy (non-hydrogen) atoms. The van der Waals surface area contributed by atoms with E-state index >= 15 is 0 Å². The van der Waals surface area contributed by atoms with Crippen molar-refractivity contribution in [2.75, 3.05) is 6.61 Å². The molecule has 0 bridgehead atoms. The van der Waals surface area contributed by atoms with Gasteiger partial charge in [0.2, 0.25) is 0 Å². The Bertz CT molecular complexity index is 1030. The second-order valence-corrected chi connectivity index (χ2v) is 7.55. The molecule has 4 nitrogen and oxygen atoms in total. The van der Waals surface area contributed by atoms with Crippen LogP contribution >= 0.6 is 15.9 Å². The molecule has 0 amide bonds. The van der Waals surface area contributed by atoms with E-state index in [1.54, 1.807) is 79.7 Å². The van der Waals surface area contributed by atoms with E-state index in [1.165, 1.54) is 0 Å². The summed E-state index contributed by atoms with van der Waals surface area (Å²) in [5, 5.41) is 0. The SMILES string of the molecule is C.CCOC(=O)C(C(=O)c1ccccc1Br)C(C(=O)c1ccccc1)c1ccccc1. The smallest absolute Gasteiger partial charge is 0.317 e. The topological polar surface area (TPSA) is 60.4 Å². The number of halogens is 1. The molecule has 3 rings (SSSR count). The molecule has 2 atom stereocenters. The molecule has 3 aromatic rings. The van der Waals surface area contributed by atoms with E-state index in [1.807, 2.05) is 12.1 Å². The summed E-state index contributed by atoms with van der Waals surface area (Å²) < 4.78 is 5.81. The molecule has 0 saturated carbocycles. The fourth-order valence-electron chi connectivity index (χ4n) is 3.39. The van der Waals surface area contributed by atoms with Crippen LogP contribution in [0.15, 0.2) is 89.4 Å². The molecule has 0 fully saturated rings. The number of ketones is 2. The van der Waals surface area contributed by atoms with Gasteiger partial charge in [-0.05, 0) is 18.6 Å². The van der Waals surface area contributed by atoms with E-state index in [0.717, 1.165) is 0 Å². The number of esters is 1. The summed E-state index contributed by atoms with van der Waals surface area (Å²) >= 11 is 3.38. The minimum Gasteiger partial charge on any atom is -0.465 e. The summed E-state index contributed by atoms with van der Waals surface area (Å²) in [4.78, 5) is 40.1. The van der Waals surface area contributed by atoms with Crippen LogP contribution in [0.25, 0.3) is 0 Å². The standard InChI is InChI=1S/C25H21BrO4.CH4/c1-2-30-25(29)22(24(28)19-15-9-10-16-20(19)26)21(17-11-5-3-6-12-17)23(27)18-13-7-4-8-14-18;/h3-16,21-22H,2H2,1H3;1H4. The molecule has 3 aromatic carbocycles. The van der Waals surface area contributed by atoms with Crippen molar-refractivity contribution in [2.45, 2.75) is 20.3 Å². The third kappa shape index (κ3) is 5.56. The van der Waals surface area contributed by atoms with Gasteiger partial charge in [0.1, 0.15) is 5.92 Å². The number of rotatable bonds is 8. The fourth-order valence-corrected chi connectivity index (χ4v) is 3.87. The minimum absolute atomic E-state index is 0. The van der Waals surface area contributed by atoms with Crippen molar-refractivity contribution in [1.29, 1.82) is 0 Å². The minimum atomic E-state index is -1.31. The van der Waals surface area contributed by atoms with E-state index in [-0.39, 0.29) is 19.8 Å². The van der Waals surface area contributed by atoms with E-state index in [9.17, 15) is 14.4 Å². The van der Waals surface area contributed by atoms with Crippen molar-refractivity contribution in [3.05, 3.63) is 106 Å². The van der Waals surface area contributed by atoms with Crippen LogP contribution in [0.2, 0.25) is 0 Å². The number of benzene rings is 3. The van der Waals surface area contributed by atoms with E-state index in [4.69, 9.17) is 4.74 Å². The molecule has 0 aromatic heterocycles. The molecule has 5 heteroatoms. The molecule has 0 radical (unpaired) electrons. The molecule has 0 N–H and O–H groups in total. The monoisotopic (exact) mass is 480 g/mol. The van der Waals surface area contributed by atoms with Gasteiger partial charge in [-0.25, -0.2) is 0 Å². The Balaban J connectivity index is 0.00000341. The zero-order valence-corrected chi connectivity index (χ0v) is 18.0. The molecule has 0 spiro atoms. The van der Waals surface area contributed by atoms with Crippen LogP contribution in [0.5, 0.6) is 0 Å². The van der Waals surface area contributed by atoms with Crippen LogP contribution in [0.1, 0.15) is 46.5 Å². The van der Waals surface area contributed by atoms with Gasteiger partial charge >= 0.3 is 5.97 Å². The quantitative estimate of drug-likeness (QED) is 0.221. The van der Waals surface area contributed by atoms with E-state index < -0.39 is 23.6 Å². The van der Waals surface area contributed by atoms with E-state index in [2.05, 4.69) is 15.9 Å². The zero-order valence-electron chi connectivity index (χ0n) is 16.5. The summed E-state index contributed by atoms with van der Waals surface area (Å²) in [7, 11) is 0. The number of hydrogen-bond donors (Lipinski definition) is 0. The predicted octanol–water partition coefficient (Wildman–Crippen LogP) is 6.11. The van der Waals surface area contributed by atoms with Crippen molar-refractivity contribution >= 4 is 33.5 Å². The van der Waals surface area contributed by atoms with E-state index in [0.29, 0.717) is 21.2 Å². The highest BCUT2D eigenvalue weighted by atomic mass is 79.9. The van der Waals surface area contributed by atoms with Crippen molar-refractivity contribution in [2.24, 2.45) is 5.92 Å². The third-order valence-electron chi connectivity index (χ3n) is 4.80. The predicted molar refractivity (Wildman–Crippen MR) is 125 cm³/mol. The maximum Gasteiger partial charge on any atom is 0.317 e. The van der Waals surface area contributed by atoms with Crippen LogP contribution in [0.3, 0.4) is 0 Å². The normalized spacial score (nSPS) is 12.2. The number of ether oxygens (including phenoxy) is 1. The maximum atomic E-state index is 13.5. The molecular formula is C26H25BrO4. The Labute approximate surface area is 191 Å². The number of carbonyl (C=O) groups excluding carboxylic acids is 3. The van der Waals surface area contributed by atoms with Crippen molar-refractivity contribution in [3.8, 4) is 0 Å². The molecular weight excluding hydrogens is 456 g/mol. The molecule has 0 heterocycles. The average molecular weight is 481 g/mol. The van der Waals surface area contributed by atoms with Gasteiger partial charge in [-0.1, -0.05) is 102 Å². The first-order chi connectivity index (χ1) is 14.5. The summed E-state index contributed by atoms with van der Waals surface area (Å²) in [5.74, 6) is -3.79. The Morgan fingerprint density at radius 1 is 0.806 bits per heavy atom. The maximum absolute atomic E-state index is 13.5. The highest BCUT2D eigenvalue weighted by Crippen LogP contribution is 2.34. The Morgan fingerprint density at radius 2 is 1.35 bits per heavy atom. The van der Waals surface area contributed by atoms with Gasteiger partial charge in [-0.2, -0.15) is 0 Å². The van der Waals surface area contributed by atoms with Gasteiger partial charge in [0.05, 0.1) is 12.5 Å². The fraction of sp³-hybridized carbons (Fsp3) is 0.192. The molecule has 0 aliphatic carbocycles. The number of carbonyl (C=O) groups is 3. The lowest BCUT2D eigenvalue weighted by atomic mass is 9.77. The first-order valence-electron chi connectivity index (χ1n) is 9.64. The lowest BCUT2D eigenvalue weighted by Gasteiger charge is -2.25. The van der Waals surface area contributed by atoms with Crippen LogP contribution in [-0.2, 0) is 9.53 Å². The first-order valence-corrected chi connectivity index (χ1v) is 10.4. The van der Waals surface area contributed by atoms with Crippen molar-refractivity contribution in [3.63, 3.8) is 0 Å². The zero-order chi connectivity index (χ0) is 21.5. The van der Waals surface area contributed by atoms with Gasteiger partial charge in [-0.15, -0.1) is 0 Å². The summed E-state index contributed by atoms with van der Waals surface area (Å²) in [6.45, 7) is 1.79. The molecule has 2 unspecified atom stereocenters. The van der Waals surface area contributed by atoms with Gasteiger partial charge in [0, 0.05) is 15.6 Å². The lowest BCUT2D eigenvalue weighted by Crippen LogP contribution is -2.36. The van der Waals surface area contributed by atoms with Gasteiger partial charge in [-0.3, -0.25) is 14.4 Å². The van der Waals surface area contributed by atoms with Gasteiger partial charge < -0.3 is 4.74 Å². The third-order valence-corrected chi connectivity index (χ3v) is 5.49. The highest BCUT2D eigenvalue weighted by Gasteiger charge is 2.42. The highest BCUT2D eigenvalue weighted by molar-refractivity contribution is 9.10. The first kappa shape index (κ1) is 24.2. The second kappa shape index (κ2) is 11.4. The molecule has 160 valence electrons. The Kier molecular flexibility index (Phi) is 8.88.